The molecule has 1 aliphatic heterocycles. The highest BCUT2D eigenvalue weighted by Crippen LogP contribution is 2.48. The van der Waals surface area contributed by atoms with Gasteiger partial charge in [0.05, 0.1) is 11.5 Å². The van der Waals surface area contributed by atoms with E-state index in [4.69, 9.17) is 16.3 Å². The summed E-state index contributed by atoms with van der Waals surface area (Å²) >= 11 is 6.07. The standard InChI is InChI=1S/C22H16ClF3O3/c1-3-21(22(24,25)26)18(20(27)28)12-16-11-17(23)10-15(19(16)29-21)9-8-14-6-4-13(2)5-7-14/h4-7,10-12H,3H2,1-2H3,(H,27,28)/p-1. The van der Waals surface area contributed by atoms with Gasteiger partial charge in [-0.1, -0.05) is 48.1 Å². The molecular formula is C22H15ClF3O3-. The first kappa shape index (κ1) is 20.8. The fourth-order valence-electron chi connectivity index (χ4n) is 3.10. The molecule has 0 aliphatic carbocycles. The molecule has 1 atom stereocenters. The fourth-order valence-corrected chi connectivity index (χ4v) is 3.33. The van der Waals surface area contributed by atoms with Crippen molar-refractivity contribution in [3.05, 3.63) is 69.2 Å². The molecule has 0 saturated heterocycles. The first-order chi connectivity index (χ1) is 13.6. The number of aryl methyl sites for hydroxylation is 1. The minimum Gasteiger partial charge on any atom is -0.545 e. The van der Waals surface area contributed by atoms with Gasteiger partial charge < -0.3 is 14.6 Å². The maximum absolute atomic E-state index is 13.9. The van der Waals surface area contributed by atoms with Crippen molar-refractivity contribution in [3.63, 3.8) is 0 Å². The number of carbonyl (C=O) groups is 1. The molecule has 0 bridgehead atoms. The molecule has 1 heterocycles. The number of carbonyl (C=O) groups excluding carboxylic acids is 1. The molecule has 1 aliphatic rings. The van der Waals surface area contributed by atoms with Crippen LogP contribution in [0.5, 0.6) is 5.75 Å². The predicted molar refractivity (Wildman–Crippen MR) is 101 cm³/mol. The normalized spacial score (nSPS) is 18.1. The van der Waals surface area contributed by atoms with Gasteiger partial charge in [0.2, 0.25) is 5.60 Å². The smallest absolute Gasteiger partial charge is 0.432 e. The van der Waals surface area contributed by atoms with Gasteiger partial charge in [-0.3, -0.25) is 0 Å². The topological polar surface area (TPSA) is 49.4 Å². The number of halogens is 4. The molecule has 29 heavy (non-hydrogen) atoms. The van der Waals surface area contributed by atoms with Crippen LogP contribution in [0.25, 0.3) is 6.08 Å². The van der Waals surface area contributed by atoms with E-state index in [0.29, 0.717) is 5.56 Å². The number of hydrogen-bond donors (Lipinski definition) is 0. The number of rotatable bonds is 2. The lowest BCUT2D eigenvalue weighted by atomic mass is 9.85. The van der Waals surface area contributed by atoms with Gasteiger partial charge in [0.1, 0.15) is 5.75 Å². The Hall–Kier alpha value is -2.91. The second kappa shape index (κ2) is 7.49. The van der Waals surface area contributed by atoms with Gasteiger partial charge in [0, 0.05) is 21.7 Å². The van der Waals surface area contributed by atoms with Gasteiger partial charge in [-0.25, -0.2) is 0 Å². The second-order valence-corrected chi connectivity index (χ2v) is 7.05. The van der Waals surface area contributed by atoms with Crippen molar-refractivity contribution >= 4 is 23.6 Å². The third kappa shape index (κ3) is 3.83. The van der Waals surface area contributed by atoms with Crippen LogP contribution in [0.15, 0.2) is 42.0 Å². The van der Waals surface area contributed by atoms with Gasteiger partial charge in [-0.2, -0.15) is 13.2 Å². The maximum atomic E-state index is 13.9. The molecule has 7 heteroatoms. The average Bonchev–Trinajstić information content (AvgIpc) is 2.65. The zero-order chi connectivity index (χ0) is 21.4. The molecule has 0 spiro atoms. The van der Waals surface area contributed by atoms with Gasteiger partial charge in [-0.05, 0) is 43.7 Å². The van der Waals surface area contributed by atoms with Gasteiger partial charge in [-0.15, -0.1) is 0 Å². The SMILES string of the molecule is CCC1(C(F)(F)F)Oc2c(C#Cc3ccc(C)cc3)cc(Cl)cc2C=C1C(=O)[O-]. The maximum Gasteiger partial charge on any atom is 0.432 e. The van der Waals surface area contributed by atoms with Crippen molar-refractivity contribution in [2.45, 2.75) is 32.0 Å². The minimum atomic E-state index is -4.98. The molecule has 3 nitrogen and oxygen atoms in total. The molecule has 1 unspecified atom stereocenters. The number of hydrogen-bond acceptors (Lipinski definition) is 3. The Morgan fingerprint density at radius 2 is 1.86 bits per heavy atom. The molecule has 150 valence electrons. The Morgan fingerprint density at radius 3 is 2.41 bits per heavy atom. The third-order valence-electron chi connectivity index (χ3n) is 4.66. The fraction of sp³-hybridized carbons (Fsp3) is 0.227. The summed E-state index contributed by atoms with van der Waals surface area (Å²) in [7, 11) is 0. The summed E-state index contributed by atoms with van der Waals surface area (Å²) in [5.41, 5.74) is -2.12. The van der Waals surface area contributed by atoms with E-state index in [2.05, 4.69) is 11.8 Å². The molecule has 0 fully saturated rings. The van der Waals surface area contributed by atoms with E-state index >= 15 is 0 Å². The van der Waals surface area contributed by atoms with Crippen LogP contribution in [0.1, 0.15) is 35.6 Å². The summed E-state index contributed by atoms with van der Waals surface area (Å²) in [5.74, 6) is 3.53. The molecule has 2 aromatic rings. The number of alkyl halides is 3. The zero-order valence-corrected chi connectivity index (χ0v) is 16.2. The van der Waals surface area contributed by atoms with E-state index in [1.165, 1.54) is 19.1 Å². The van der Waals surface area contributed by atoms with Crippen molar-refractivity contribution in [2.24, 2.45) is 0 Å². The van der Waals surface area contributed by atoms with Crippen LogP contribution in [-0.4, -0.2) is 17.7 Å². The number of fused-ring (bicyclic) bond motifs is 1. The number of ether oxygens (including phenoxy) is 1. The summed E-state index contributed by atoms with van der Waals surface area (Å²) in [4.78, 5) is 11.5. The first-order valence-corrected chi connectivity index (χ1v) is 9.06. The Morgan fingerprint density at radius 1 is 1.21 bits per heavy atom. The lowest BCUT2D eigenvalue weighted by Crippen LogP contribution is -2.56. The summed E-state index contributed by atoms with van der Waals surface area (Å²) in [6.45, 7) is 3.12. The molecule has 0 N–H and O–H groups in total. The lowest BCUT2D eigenvalue weighted by Gasteiger charge is -2.41. The van der Waals surface area contributed by atoms with Crippen LogP contribution >= 0.6 is 11.6 Å². The monoisotopic (exact) mass is 419 g/mol. The molecular weight excluding hydrogens is 405 g/mol. The highest BCUT2D eigenvalue weighted by molar-refractivity contribution is 6.31. The van der Waals surface area contributed by atoms with Crippen molar-refractivity contribution in [3.8, 4) is 17.6 Å². The van der Waals surface area contributed by atoms with Crippen LogP contribution in [0, 0.1) is 18.8 Å². The van der Waals surface area contributed by atoms with E-state index in [1.807, 2.05) is 19.1 Å². The Kier molecular flexibility index (Phi) is 5.38. The molecule has 0 saturated carbocycles. The van der Waals surface area contributed by atoms with Crippen LogP contribution in [0.4, 0.5) is 13.2 Å². The Bertz CT molecular complexity index is 1060. The second-order valence-electron chi connectivity index (χ2n) is 6.61. The van der Waals surface area contributed by atoms with E-state index in [1.54, 1.807) is 12.1 Å². The van der Waals surface area contributed by atoms with Gasteiger partial charge in [0.15, 0.2) is 0 Å². The van der Waals surface area contributed by atoms with Crippen LogP contribution < -0.4 is 9.84 Å². The predicted octanol–water partition coefficient (Wildman–Crippen LogP) is 4.29. The third-order valence-corrected chi connectivity index (χ3v) is 4.88. The summed E-state index contributed by atoms with van der Waals surface area (Å²) in [6, 6.07) is 9.98. The Balaban J connectivity index is 2.20. The molecule has 0 aromatic heterocycles. The first-order valence-electron chi connectivity index (χ1n) is 8.69. The van der Waals surface area contributed by atoms with E-state index in [0.717, 1.165) is 11.6 Å². The van der Waals surface area contributed by atoms with E-state index in [-0.39, 0.29) is 21.9 Å². The minimum absolute atomic E-state index is 0.0956. The van der Waals surface area contributed by atoms with E-state index < -0.39 is 29.7 Å². The average molecular weight is 420 g/mol. The molecule has 3 rings (SSSR count). The van der Waals surface area contributed by atoms with Crippen LogP contribution in [-0.2, 0) is 4.79 Å². The summed E-state index contributed by atoms with van der Waals surface area (Å²) in [5, 5.41) is 11.7. The van der Waals surface area contributed by atoms with Crippen LogP contribution in [0.3, 0.4) is 0 Å². The van der Waals surface area contributed by atoms with Gasteiger partial charge >= 0.3 is 6.18 Å². The van der Waals surface area contributed by atoms with Crippen LogP contribution in [0.2, 0.25) is 5.02 Å². The number of benzene rings is 2. The highest BCUT2D eigenvalue weighted by Gasteiger charge is 2.60. The summed E-state index contributed by atoms with van der Waals surface area (Å²) < 4.78 is 47.0. The molecule has 2 aromatic carbocycles. The number of carboxylic acid groups (broad SMARTS) is 1. The molecule has 0 radical (unpaired) electrons. The highest BCUT2D eigenvalue weighted by atomic mass is 35.5. The largest absolute Gasteiger partial charge is 0.545 e. The van der Waals surface area contributed by atoms with Crippen molar-refractivity contribution < 1.29 is 27.8 Å². The lowest BCUT2D eigenvalue weighted by molar-refractivity contribution is -0.307. The number of carboxylic acids is 1. The van der Waals surface area contributed by atoms with Gasteiger partial charge in [0.25, 0.3) is 0 Å². The molecule has 0 amide bonds. The Labute approximate surface area is 170 Å². The van der Waals surface area contributed by atoms with Crippen molar-refractivity contribution in [1.29, 1.82) is 0 Å². The quantitative estimate of drug-likeness (QED) is 0.682. The van der Waals surface area contributed by atoms with Crippen molar-refractivity contribution in [2.75, 3.05) is 0 Å². The summed E-state index contributed by atoms with van der Waals surface area (Å²) in [6.07, 6.45) is -4.73. The zero-order valence-electron chi connectivity index (χ0n) is 15.5. The van der Waals surface area contributed by atoms with E-state index in [9.17, 15) is 23.1 Å². The number of aliphatic carboxylic acids is 1. The van der Waals surface area contributed by atoms with Crippen molar-refractivity contribution in [1.82, 2.24) is 0 Å².